The van der Waals surface area contributed by atoms with Crippen molar-refractivity contribution in [3.05, 3.63) is 65.0 Å². The fraction of sp³-hybridized carbons (Fsp3) is 0.182. The Morgan fingerprint density at radius 3 is 2.55 bits per heavy atom. The second kappa shape index (κ2) is 10.9. The third-order valence-electron chi connectivity index (χ3n) is 3.97. The van der Waals surface area contributed by atoms with E-state index in [-0.39, 0.29) is 13.2 Å². The summed E-state index contributed by atoms with van der Waals surface area (Å²) in [5, 5.41) is 7.94. The van der Waals surface area contributed by atoms with E-state index < -0.39 is 24.4 Å². The number of aromatic nitrogens is 1. The topological polar surface area (TPSA) is 107 Å². The van der Waals surface area contributed by atoms with Gasteiger partial charge in [0, 0.05) is 16.6 Å². The van der Waals surface area contributed by atoms with Gasteiger partial charge in [-0.15, -0.1) is 11.3 Å². The van der Waals surface area contributed by atoms with Crippen LogP contribution < -0.4 is 15.4 Å². The summed E-state index contributed by atoms with van der Waals surface area (Å²) in [4.78, 5) is 40.0. The second-order valence-corrected chi connectivity index (χ2v) is 7.48. The monoisotopic (exact) mass is 439 g/mol. The Kier molecular flexibility index (Phi) is 7.72. The number of rotatable bonds is 9. The van der Waals surface area contributed by atoms with Gasteiger partial charge in [-0.1, -0.05) is 30.3 Å². The van der Waals surface area contributed by atoms with Gasteiger partial charge in [0.1, 0.15) is 12.3 Å². The number of carbonyl (C=O) groups excluding carboxylic acids is 3. The average molecular weight is 439 g/mol. The van der Waals surface area contributed by atoms with Crippen molar-refractivity contribution in [1.82, 2.24) is 10.3 Å². The van der Waals surface area contributed by atoms with E-state index in [1.54, 1.807) is 53.8 Å². The maximum absolute atomic E-state index is 12.1. The van der Waals surface area contributed by atoms with Crippen LogP contribution in [0.2, 0.25) is 0 Å². The molecule has 0 radical (unpaired) electrons. The number of thiazole rings is 1. The molecule has 2 aromatic carbocycles. The van der Waals surface area contributed by atoms with Crippen molar-refractivity contribution in [1.29, 1.82) is 0 Å². The molecule has 0 atom stereocenters. The van der Waals surface area contributed by atoms with E-state index in [9.17, 15) is 14.4 Å². The summed E-state index contributed by atoms with van der Waals surface area (Å²) in [5.41, 5.74) is 2.27. The number of aryl methyl sites for hydroxylation is 1. The Morgan fingerprint density at radius 1 is 1.00 bits per heavy atom. The number of benzene rings is 2. The van der Waals surface area contributed by atoms with Crippen LogP contribution in [-0.4, -0.2) is 42.5 Å². The fourth-order valence-electron chi connectivity index (χ4n) is 2.53. The molecular formula is C22H21N3O5S. The van der Waals surface area contributed by atoms with Gasteiger partial charge < -0.3 is 20.1 Å². The number of anilines is 1. The molecule has 0 unspecified atom stereocenters. The largest absolute Gasteiger partial charge is 0.484 e. The Bertz CT molecular complexity index is 1050. The van der Waals surface area contributed by atoms with E-state index in [4.69, 9.17) is 9.47 Å². The van der Waals surface area contributed by atoms with Gasteiger partial charge in [0.05, 0.1) is 10.7 Å². The summed E-state index contributed by atoms with van der Waals surface area (Å²) in [5.74, 6) is -1.14. The van der Waals surface area contributed by atoms with Crippen LogP contribution in [0.1, 0.15) is 5.01 Å². The highest BCUT2D eigenvalue weighted by Crippen LogP contribution is 2.24. The first-order valence-electron chi connectivity index (χ1n) is 9.42. The molecular weight excluding hydrogens is 418 g/mol. The third-order valence-corrected chi connectivity index (χ3v) is 4.74. The van der Waals surface area contributed by atoms with Gasteiger partial charge in [-0.05, 0) is 31.2 Å². The molecule has 1 heterocycles. The van der Waals surface area contributed by atoms with Crippen LogP contribution in [0.3, 0.4) is 0 Å². The lowest BCUT2D eigenvalue weighted by atomic mass is 10.1. The van der Waals surface area contributed by atoms with E-state index in [0.717, 1.165) is 16.3 Å². The number of nitrogens with one attached hydrogen (secondary N) is 2. The van der Waals surface area contributed by atoms with E-state index >= 15 is 0 Å². The zero-order valence-corrected chi connectivity index (χ0v) is 17.6. The highest BCUT2D eigenvalue weighted by Gasteiger charge is 2.11. The quantitative estimate of drug-likeness (QED) is 0.497. The summed E-state index contributed by atoms with van der Waals surface area (Å²) < 4.78 is 10.2. The number of esters is 1. The normalized spacial score (nSPS) is 10.2. The molecule has 9 heteroatoms. The van der Waals surface area contributed by atoms with E-state index in [0.29, 0.717) is 11.4 Å². The molecule has 0 aliphatic carbocycles. The van der Waals surface area contributed by atoms with Crippen molar-refractivity contribution >= 4 is 34.8 Å². The first-order valence-corrected chi connectivity index (χ1v) is 10.3. The standard InChI is InChI=1S/C22H21N3O5S/c1-15-24-19(14-31-15)16-6-5-7-17(10-16)25-21(27)13-30-22(28)11-23-20(26)12-29-18-8-3-2-4-9-18/h2-10,14H,11-13H2,1H3,(H,23,26)(H,25,27). The van der Waals surface area contributed by atoms with Crippen molar-refractivity contribution in [2.75, 3.05) is 25.1 Å². The lowest BCUT2D eigenvalue weighted by molar-refractivity contribution is -0.147. The number of ether oxygens (including phenoxy) is 2. The van der Waals surface area contributed by atoms with E-state index in [2.05, 4.69) is 15.6 Å². The molecule has 2 N–H and O–H groups in total. The van der Waals surface area contributed by atoms with Gasteiger partial charge in [-0.3, -0.25) is 14.4 Å². The molecule has 0 aliphatic heterocycles. The zero-order chi connectivity index (χ0) is 22.1. The number of para-hydroxylation sites is 1. The SMILES string of the molecule is Cc1nc(-c2cccc(NC(=O)COC(=O)CNC(=O)COc3ccccc3)c2)cs1. The first kappa shape index (κ1) is 22.0. The van der Waals surface area contributed by atoms with Crippen molar-refractivity contribution in [3.8, 4) is 17.0 Å². The van der Waals surface area contributed by atoms with Gasteiger partial charge in [-0.2, -0.15) is 0 Å². The molecule has 0 aliphatic rings. The maximum atomic E-state index is 12.1. The summed E-state index contributed by atoms with van der Waals surface area (Å²) in [6, 6.07) is 16.1. The molecule has 0 saturated carbocycles. The van der Waals surface area contributed by atoms with Crippen LogP contribution in [0.4, 0.5) is 5.69 Å². The molecule has 8 nitrogen and oxygen atoms in total. The fourth-order valence-corrected chi connectivity index (χ4v) is 3.16. The summed E-state index contributed by atoms with van der Waals surface area (Å²) in [6.07, 6.45) is 0. The molecule has 2 amide bonds. The lowest BCUT2D eigenvalue weighted by Crippen LogP contribution is -2.35. The van der Waals surface area contributed by atoms with E-state index in [1.807, 2.05) is 24.4 Å². The Morgan fingerprint density at radius 2 is 1.81 bits per heavy atom. The second-order valence-electron chi connectivity index (χ2n) is 6.42. The molecule has 3 aromatic rings. The summed E-state index contributed by atoms with van der Waals surface area (Å²) in [7, 11) is 0. The molecule has 160 valence electrons. The van der Waals surface area contributed by atoms with Gasteiger partial charge in [0.2, 0.25) is 0 Å². The maximum Gasteiger partial charge on any atom is 0.325 e. The summed E-state index contributed by atoms with van der Waals surface area (Å²) in [6.45, 7) is 0.873. The van der Waals surface area contributed by atoms with Crippen LogP contribution >= 0.6 is 11.3 Å². The first-order chi connectivity index (χ1) is 15.0. The van der Waals surface area contributed by atoms with Crippen LogP contribution in [0.5, 0.6) is 5.75 Å². The van der Waals surface area contributed by atoms with Crippen LogP contribution in [0, 0.1) is 6.92 Å². The van der Waals surface area contributed by atoms with Crippen LogP contribution in [0.15, 0.2) is 60.0 Å². The average Bonchev–Trinajstić information content (AvgIpc) is 3.22. The minimum atomic E-state index is -0.727. The predicted molar refractivity (Wildman–Crippen MR) is 117 cm³/mol. The van der Waals surface area contributed by atoms with Gasteiger partial charge in [0.25, 0.3) is 11.8 Å². The zero-order valence-electron chi connectivity index (χ0n) is 16.8. The minimum Gasteiger partial charge on any atom is -0.484 e. The molecule has 3 rings (SSSR count). The number of nitrogens with zero attached hydrogens (tertiary/aromatic N) is 1. The molecule has 31 heavy (non-hydrogen) atoms. The van der Waals surface area contributed by atoms with Crippen LogP contribution in [0.25, 0.3) is 11.3 Å². The predicted octanol–water partition coefficient (Wildman–Crippen LogP) is 2.80. The number of hydrogen-bond donors (Lipinski definition) is 2. The van der Waals surface area contributed by atoms with Gasteiger partial charge >= 0.3 is 5.97 Å². The molecule has 0 bridgehead atoms. The smallest absolute Gasteiger partial charge is 0.325 e. The van der Waals surface area contributed by atoms with Crippen molar-refractivity contribution in [2.24, 2.45) is 0 Å². The molecule has 0 fully saturated rings. The third kappa shape index (κ3) is 7.23. The Labute approximate surface area is 183 Å². The highest BCUT2D eigenvalue weighted by atomic mass is 32.1. The molecule has 0 spiro atoms. The number of hydrogen-bond acceptors (Lipinski definition) is 7. The summed E-state index contributed by atoms with van der Waals surface area (Å²) >= 11 is 1.54. The van der Waals surface area contributed by atoms with E-state index in [1.165, 1.54) is 0 Å². The van der Waals surface area contributed by atoms with Gasteiger partial charge in [0.15, 0.2) is 13.2 Å². The van der Waals surface area contributed by atoms with Crippen LogP contribution in [-0.2, 0) is 19.1 Å². The van der Waals surface area contributed by atoms with Crippen molar-refractivity contribution < 1.29 is 23.9 Å². The molecule has 0 saturated heterocycles. The molecule has 1 aromatic heterocycles. The number of carbonyl (C=O) groups is 3. The minimum absolute atomic E-state index is 0.230. The lowest BCUT2D eigenvalue weighted by Gasteiger charge is -2.09. The highest BCUT2D eigenvalue weighted by molar-refractivity contribution is 7.09. The van der Waals surface area contributed by atoms with Crippen molar-refractivity contribution in [3.63, 3.8) is 0 Å². The van der Waals surface area contributed by atoms with Crippen molar-refractivity contribution in [2.45, 2.75) is 6.92 Å². The Hall–Kier alpha value is -3.72. The van der Waals surface area contributed by atoms with Gasteiger partial charge in [-0.25, -0.2) is 4.98 Å². The number of amides is 2. The Balaban J connectivity index is 1.37.